The van der Waals surface area contributed by atoms with Crippen LogP contribution in [0.1, 0.15) is 17.9 Å². The first-order valence-electron chi connectivity index (χ1n) is 4.30. The maximum absolute atomic E-state index is 10.5. The number of carboxylic acid groups (broad SMARTS) is 1. The van der Waals surface area contributed by atoms with Gasteiger partial charge in [-0.05, 0) is 5.56 Å². The molecule has 1 aromatic carbocycles. The van der Waals surface area contributed by atoms with E-state index in [4.69, 9.17) is 5.11 Å². The number of carboxylic acids is 1. The van der Waals surface area contributed by atoms with Crippen molar-refractivity contribution in [3.63, 3.8) is 0 Å². The first kappa shape index (κ1) is 9.74. The first-order valence-corrected chi connectivity index (χ1v) is 4.30. The number of benzene rings is 1. The van der Waals surface area contributed by atoms with Crippen molar-refractivity contribution in [3.05, 3.63) is 35.9 Å². The zero-order chi connectivity index (χ0) is 9.68. The molecule has 0 heterocycles. The van der Waals surface area contributed by atoms with Crippen LogP contribution in [0, 0.1) is 0 Å². The molecule has 0 aliphatic carbocycles. The normalized spacial score (nSPS) is 12.4. The summed E-state index contributed by atoms with van der Waals surface area (Å²) in [6.07, 6.45) is 0.160. The predicted octanol–water partition coefficient (Wildman–Crippen LogP) is 0.487. The third-order valence-corrected chi connectivity index (χ3v) is 2.04. The Kier molecular flexibility index (Phi) is 3.46. The molecule has 0 spiro atoms. The lowest BCUT2D eigenvalue weighted by atomic mass is 9.96. The number of quaternary nitrogens is 1. The van der Waals surface area contributed by atoms with E-state index in [2.05, 4.69) is 5.73 Å². The largest absolute Gasteiger partial charge is 0.481 e. The Balaban J connectivity index is 2.73. The van der Waals surface area contributed by atoms with Gasteiger partial charge in [0.1, 0.15) is 0 Å². The van der Waals surface area contributed by atoms with Gasteiger partial charge in [-0.3, -0.25) is 4.79 Å². The van der Waals surface area contributed by atoms with Crippen LogP contribution < -0.4 is 5.73 Å². The van der Waals surface area contributed by atoms with E-state index in [1.807, 2.05) is 30.3 Å². The van der Waals surface area contributed by atoms with Crippen LogP contribution in [0.4, 0.5) is 0 Å². The van der Waals surface area contributed by atoms with Crippen molar-refractivity contribution in [2.75, 3.05) is 6.54 Å². The molecule has 0 bridgehead atoms. The fourth-order valence-corrected chi connectivity index (χ4v) is 1.32. The standard InChI is InChI=1S/C10H13NO2/c11-7-9(6-10(12)13)8-4-2-1-3-5-8/h1-5,9H,6-7,11H2,(H,12,13)/p+1. The van der Waals surface area contributed by atoms with Gasteiger partial charge < -0.3 is 10.8 Å². The lowest BCUT2D eigenvalue weighted by Crippen LogP contribution is -2.53. The Morgan fingerprint density at radius 3 is 2.46 bits per heavy atom. The van der Waals surface area contributed by atoms with E-state index in [0.717, 1.165) is 5.56 Å². The molecule has 0 amide bonds. The zero-order valence-corrected chi connectivity index (χ0v) is 7.44. The molecule has 13 heavy (non-hydrogen) atoms. The minimum atomic E-state index is -0.766. The second kappa shape index (κ2) is 4.62. The van der Waals surface area contributed by atoms with Crippen molar-refractivity contribution in [1.82, 2.24) is 0 Å². The van der Waals surface area contributed by atoms with E-state index in [-0.39, 0.29) is 12.3 Å². The molecule has 0 aliphatic heterocycles. The van der Waals surface area contributed by atoms with Crippen LogP contribution in [0.15, 0.2) is 30.3 Å². The van der Waals surface area contributed by atoms with Gasteiger partial charge in [-0.25, -0.2) is 0 Å². The third-order valence-electron chi connectivity index (χ3n) is 2.04. The fourth-order valence-electron chi connectivity index (χ4n) is 1.32. The summed E-state index contributed by atoms with van der Waals surface area (Å²) in [5.74, 6) is -0.726. The molecular weight excluding hydrogens is 166 g/mol. The summed E-state index contributed by atoms with van der Waals surface area (Å²) in [7, 11) is 0. The molecule has 0 saturated carbocycles. The van der Waals surface area contributed by atoms with Crippen LogP contribution in [0.25, 0.3) is 0 Å². The zero-order valence-electron chi connectivity index (χ0n) is 7.44. The minimum absolute atomic E-state index is 0.0405. The van der Waals surface area contributed by atoms with Crippen molar-refractivity contribution < 1.29 is 15.6 Å². The van der Waals surface area contributed by atoms with E-state index in [0.29, 0.717) is 6.54 Å². The fraction of sp³-hybridized carbons (Fsp3) is 0.300. The van der Waals surface area contributed by atoms with E-state index in [9.17, 15) is 4.79 Å². The van der Waals surface area contributed by atoms with Crippen LogP contribution >= 0.6 is 0 Å². The van der Waals surface area contributed by atoms with Crippen LogP contribution in [-0.2, 0) is 4.79 Å². The number of rotatable bonds is 4. The van der Waals surface area contributed by atoms with Gasteiger partial charge in [0, 0.05) is 5.92 Å². The number of hydrogen-bond acceptors (Lipinski definition) is 1. The second-order valence-corrected chi connectivity index (χ2v) is 2.99. The van der Waals surface area contributed by atoms with Gasteiger partial charge in [0.15, 0.2) is 0 Å². The summed E-state index contributed by atoms with van der Waals surface area (Å²) >= 11 is 0. The van der Waals surface area contributed by atoms with Crippen LogP contribution in [0.3, 0.4) is 0 Å². The Labute approximate surface area is 77.2 Å². The lowest BCUT2D eigenvalue weighted by Gasteiger charge is -2.09. The Hall–Kier alpha value is -1.35. The smallest absolute Gasteiger partial charge is 0.304 e. The molecule has 0 aliphatic rings. The van der Waals surface area contributed by atoms with Crippen LogP contribution in [0.5, 0.6) is 0 Å². The Bertz CT molecular complexity index is 272. The van der Waals surface area contributed by atoms with Gasteiger partial charge in [-0.1, -0.05) is 30.3 Å². The average molecular weight is 180 g/mol. The molecule has 1 rings (SSSR count). The van der Waals surface area contributed by atoms with E-state index in [1.165, 1.54) is 0 Å². The molecule has 0 fully saturated rings. The molecule has 0 aromatic heterocycles. The highest BCUT2D eigenvalue weighted by molar-refractivity contribution is 5.68. The summed E-state index contributed by atoms with van der Waals surface area (Å²) in [6.45, 7) is 0.621. The van der Waals surface area contributed by atoms with Gasteiger partial charge in [-0.15, -0.1) is 0 Å². The molecule has 1 unspecified atom stereocenters. The van der Waals surface area contributed by atoms with Crippen molar-refractivity contribution in [3.8, 4) is 0 Å². The topological polar surface area (TPSA) is 64.9 Å². The highest BCUT2D eigenvalue weighted by Crippen LogP contribution is 2.16. The minimum Gasteiger partial charge on any atom is -0.481 e. The van der Waals surface area contributed by atoms with Gasteiger partial charge >= 0.3 is 5.97 Å². The molecule has 1 atom stereocenters. The van der Waals surface area contributed by atoms with Gasteiger partial charge in [0.05, 0.1) is 13.0 Å². The van der Waals surface area contributed by atoms with E-state index >= 15 is 0 Å². The molecule has 70 valence electrons. The number of carbonyl (C=O) groups is 1. The van der Waals surface area contributed by atoms with Crippen molar-refractivity contribution >= 4 is 5.97 Å². The first-order chi connectivity index (χ1) is 6.24. The van der Waals surface area contributed by atoms with Crippen LogP contribution in [0.2, 0.25) is 0 Å². The monoisotopic (exact) mass is 180 g/mol. The average Bonchev–Trinajstić information content (AvgIpc) is 2.15. The molecule has 1 aromatic rings. The summed E-state index contributed by atoms with van der Waals surface area (Å²) in [6, 6.07) is 9.64. The van der Waals surface area contributed by atoms with Gasteiger partial charge in [0.25, 0.3) is 0 Å². The van der Waals surface area contributed by atoms with E-state index < -0.39 is 5.97 Å². The predicted molar refractivity (Wildman–Crippen MR) is 49.2 cm³/mol. The molecule has 4 N–H and O–H groups in total. The number of aliphatic carboxylic acids is 1. The molecule has 3 nitrogen and oxygen atoms in total. The van der Waals surface area contributed by atoms with Gasteiger partial charge in [-0.2, -0.15) is 0 Å². The summed E-state index contributed by atoms with van der Waals surface area (Å²) < 4.78 is 0. The quantitative estimate of drug-likeness (QED) is 0.708. The van der Waals surface area contributed by atoms with Crippen molar-refractivity contribution in [2.24, 2.45) is 0 Å². The molecular formula is C10H14NO2+. The highest BCUT2D eigenvalue weighted by atomic mass is 16.4. The Morgan fingerprint density at radius 2 is 2.00 bits per heavy atom. The second-order valence-electron chi connectivity index (χ2n) is 2.99. The van der Waals surface area contributed by atoms with Crippen molar-refractivity contribution in [1.29, 1.82) is 0 Å². The van der Waals surface area contributed by atoms with Crippen molar-refractivity contribution in [2.45, 2.75) is 12.3 Å². The lowest BCUT2D eigenvalue weighted by molar-refractivity contribution is -0.372. The SMILES string of the molecule is [NH3+]CC(CC(=O)O)c1ccccc1. The summed E-state index contributed by atoms with van der Waals surface area (Å²) in [5.41, 5.74) is 4.81. The third kappa shape index (κ3) is 2.87. The molecule has 0 saturated heterocycles. The number of hydrogen-bond donors (Lipinski definition) is 2. The summed E-state index contributed by atoms with van der Waals surface area (Å²) in [4.78, 5) is 10.5. The highest BCUT2D eigenvalue weighted by Gasteiger charge is 2.14. The van der Waals surface area contributed by atoms with Crippen LogP contribution in [-0.4, -0.2) is 17.6 Å². The molecule has 0 radical (unpaired) electrons. The maximum atomic E-state index is 10.5. The summed E-state index contributed by atoms with van der Waals surface area (Å²) in [5, 5.41) is 8.65. The Morgan fingerprint density at radius 1 is 1.38 bits per heavy atom. The molecule has 3 heteroatoms. The maximum Gasteiger partial charge on any atom is 0.304 e. The van der Waals surface area contributed by atoms with E-state index in [1.54, 1.807) is 0 Å². The van der Waals surface area contributed by atoms with Gasteiger partial charge in [0.2, 0.25) is 0 Å².